The van der Waals surface area contributed by atoms with Crippen molar-refractivity contribution < 1.29 is 4.39 Å². The SMILES string of the molecule is C=C(Cl)CNc1cc(Cl)c(F)c(Cl)c1. The lowest BCUT2D eigenvalue weighted by Gasteiger charge is -2.06. The number of benzene rings is 1. The van der Waals surface area contributed by atoms with Gasteiger partial charge in [-0.1, -0.05) is 41.4 Å². The summed E-state index contributed by atoms with van der Waals surface area (Å²) >= 11 is 16.7. The first-order valence-corrected chi connectivity index (χ1v) is 4.86. The highest BCUT2D eigenvalue weighted by molar-refractivity contribution is 6.35. The Morgan fingerprint density at radius 2 is 1.86 bits per heavy atom. The Labute approximate surface area is 96.5 Å². The highest BCUT2D eigenvalue weighted by atomic mass is 35.5. The first-order chi connectivity index (χ1) is 6.50. The topological polar surface area (TPSA) is 12.0 Å². The fourth-order valence-corrected chi connectivity index (χ4v) is 1.41. The molecule has 0 saturated heterocycles. The highest BCUT2D eigenvalue weighted by Gasteiger charge is 2.06. The first kappa shape index (κ1) is 11.6. The van der Waals surface area contributed by atoms with E-state index in [1.165, 1.54) is 12.1 Å². The molecule has 1 nitrogen and oxygen atoms in total. The molecule has 0 saturated carbocycles. The molecule has 0 atom stereocenters. The van der Waals surface area contributed by atoms with Crippen LogP contribution in [0.5, 0.6) is 0 Å². The molecule has 0 spiro atoms. The van der Waals surface area contributed by atoms with Crippen LogP contribution in [0.4, 0.5) is 10.1 Å². The van der Waals surface area contributed by atoms with Crippen molar-refractivity contribution in [1.29, 1.82) is 0 Å². The molecular weight excluding hydrogens is 247 g/mol. The Kier molecular flexibility index (Phi) is 4.05. The number of anilines is 1. The molecule has 5 heteroatoms. The van der Waals surface area contributed by atoms with Crippen molar-refractivity contribution in [3.05, 3.63) is 39.6 Å². The lowest BCUT2D eigenvalue weighted by molar-refractivity contribution is 0.629. The van der Waals surface area contributed by atoms with Crippen LogP contribution < -0.4 is 5.32 Å². The summed E-state index contributed by atoms with van der Waals surface area (Å²) in [6, 6.07) is 2.87. The molecule has 1 aromatic carbocycles. The van der Waals surface area contributed by atoms with Crippen LogP contribution in [0, 0.1) is 5.82 Å². The smallest absolute Gasteiger partial charge is 0.160 e. The molecule has 76 valence electrons. The molecule has 0 unspecified atom stereocenters. The Hall–Kier alpha value is -0.440. The van der Waals surface area contributed by atoms with Gasteiger partial charge in [0.05, 0.1) is 16.6 Å². The molecule has 0 bridgehead atoms. The van der Waals surface area contributed by atoms with E-state index in [-0.39, 0.29) is 10.0 Å². The fourth-order valence-electron chi connectivity index (χ4n) is 0.856. The average Bonchev–Trinajstić information content (AvgIpc) is 2.10. The standard InChI is InChI=1S/C9H7Cl3FN/c1-5(10)4-14-6-2-7(11)9(13)8(12)3-6/h2-3,14H,1,4H2. The molecule has 1 aromatic rings. The van der Waals surface area contributed by atoms with Gasteiger partial charge in [-0.3, -0.25) is 0 Å². The maximum Gasteiger partial charge on any atom is 0.160 e. The van der Waals surface area contributed by atoms with Gasteiger partial charge < -0.3 is 5.32 Å². The maximum absolute atomic E-state index is 13.0. The second-order valence-corrected chi connectivity index (χ2v) is 3.97. The summed E-state index contributed by atoms with van der Waals surface area (Å²) < 4.78 is 13.0. The zero-order valence-electron chi connectivity index (χ0n) is 7.08. The maximum atomic E-state index is 13.0. The molecule has 0 radical (unpaired) electrons. The Balaban J connectivity index is 2.84. The van der Waals surface area contributed by atoms with Gasteiger partial charge >= 0.3 is 0 Å². The molecule has 0 amide bonds. The number of rotatable bonds is 3. The van der Waals surface area contributed by atoms with Gasteiger partial charge in [0, 0.05) is 10.7 Å². The summed E-state index contributed by atoms with van der Waals surface area (Å²) in [5.41, 5.74) is 0.600. The van der Waals surface area contributed by atoms with Crippen molar-refractivity contribution in [2.24, 2.45) is 0 Å². The van der Waals surface area contributed by atoms with Gasteiger partial charge in [-0.15, -0.1) is 0 Å². The van der Waals surface area contributed by atoms with E-state index < -0.39 is 5.82 Å². The van der Waals surface area contributed by atoms with E-state index in [9.17, 15) is 4.39 Å². The van der Waals surface area contributed by atoms with Crippen LogP contribution in [0.2, 0.25) is 10.0 Å². The molecule has 1 N–H and O–H groups in total. The summed E-state index contributed by atoms with van der Waals surface area (Å²) in [5, 5.41) is 3.28. The van der Waals surface area contributed by atoms with Crippen molar-refractivity contribution >= 4 is 40.5 Å². The Bertz CT molecular complexity index is 342. The van der Waals surface area contributed by atoms with Crippen LogP contribution in [0.25, 0.3) is 0 Å². The summed E-state index contributed by atoms with van der Waals surface area (Å²) in [4.78, 5) is 0. The minimum atomic E-state index is -0.622. The number of hydrogen-bond donors (Lipinski definition) is 1. The number of nitrogens with one attached hydrogen (secondary N) is 1. The molecule has 0 aliphatic heterocycles. The third-order valence-corrected chi connectivity index (χ3v) is 2.15. The Morgan fingerprint density at radius 1 is 1.36 bits per heavy atom. The first-order valence-electron chi connectivity index (χ1n) is 3.72. The lowest BCUT2D eigenvalue weighted by Crippen LogP contribution is -2.01. The summed E-state index contributed by atoms with van der Waals surface area (Å²) in [5.74, 6) is -0.622. The molecule has 1 rings (SSSR count). The third kappa shape index (κ3) is 3.05. The normalized spacial score (nSPS) is 10.0. The van der Waals surface area contributed by atoms with Crippen LogP contribution in [-0.4, -0.2) is 6.54 Å². The van der Waals surface area contributed by atoms with Crippen LogP contribution >= 0.6 is 34.8 Å². The largest absolute Gasteiger partial charge is 0.380 e. The summed E-state index contributed by atoms with van der Waals surface area (Å²) in [7, 11) is 0. The molecule has 0 heterocycles. The van der Waals surface area contributed by atoms with Crippen LogP contribution in [0.3, 0.4) is 0 Å². The minimum absolute atomic E-state index is 0.0276. The molecule has 0 aliphatic carbocycles. The summed E-state index contributed by atoms with van der Waals surface area (Å²) in [6.07, 6.45) is 0. The molecular formula is C9H7Cl3FN. The van der Waals surface area contributed by atoms with Crippen molar-refractivity contribution in [3.8, 4) is 0 Å². The van der Waals surface area contributed by atoms with E-state index in [0.29, 0.717) is 17.3 Å². The van der Waals surface area contributed by atoms with Crippen molar-refractivity contribution in [2.75, 3.05) is 11.9 Å². The van der Waals surface area contributed by atoms with E-state index in [1.54, 1.807) is 0 Å². The quantitative estimate of drug-likeness (QED) is 0.793. The van der Waals surface area contributed by atoms with E-state index in [4.69, 9.17) is 34.8 Å². The van der Waals surface area contributed by atoms with Gasteiger partial charge in [0.2, 0.25) is 0 Å². The van der Waals surface area contributed by atoms with Gasteiger partial charge in [0.15, 0.2) is 5.82 Å². The van der Waals surface area contributed by atoms with Gasteiger partial charge in [-0.2, -0.15) is 0 Å². The Morgan fingerprint density at radius 3 is 2.29 bits per heavy atom. The monoisotopic (exact) mass is 253 g/mol. The second-order valence-electron chi connectivity index (χ2n) is 2.62. The number of halogens is 4. The molecule has 0 aromatic heterocycles. The van der Waals surface area contributed by atoms with Gasteiger partial charge in [0.25, 0.3) is 0 Å². The van der Waals surface area contributed by atoms with E-state index in [0.717, 1.165) is 0 Å². The van der Waals surface area contributed by atoms with E-state index >= 15 is 0 Å². The molecule has 0 aliphatic rings. The van der Waals surface area contributed by atoms with Crippen LogP contribution in [-0.2, 0) is 0 Å². The summed E-state index contributed by atoms with van der Waals surface area (Å²) in [6.45, 7) is 3.87. The predicted octanol–water partition coefficient (Wildman–Crippen LogP) is 4.30. The number of hydrogen-bond acceptors (Lipinski definition) is 1. The van der Waals surface area contributed by atoms with Crippen LogP contribution in [0.15, 0.2) is 23.7 Å². The van der Waals surface area contributed by atoms with Crippen molar-refractivity contribution in [2.45, 2.75) is 0 Å². The predicted molar refractivity (Wildman–Crippen MR) is 59.9 cm³/mol. The van der Waals surface area contributed by atoms with Crippen molar-refractivity contribution in [3.63, 3.8) is 0 Å². The molecule has 0 fully saturated rings. The zero-order valence-corrected chi connectivity index (χ0v) is 9.35. The lowest BCUT2D eigenvalue weighted by atomic mass is 10.3. The fraction of sp³-hybridized carbons (Fsp3) is 0.111. The molecule has 14 heavy (non-hydrogen) atoms. The van der Waals surface area contributed by atoms with Gasteiger partial charge in [-0.05, 0) is 12.1 Å². The highest BCUT2D eigenvalue weighted by Crippen LogP contribution is 2.27. The van der Waals surface area contributed by atoms with Gasteiger partial charge in [0.1, 0.15) is 0 Å². The zero-order chi connectivity index (χ0) is 10.7. The van der Waals surface area contributed by atoms with Gasteiger partial charge in [-0.25, -0.2) is 4.39 Å². The third-order valence-electron chi connectivity index (χ3n) is 1.47. The van der Waals surface area contributed by atoms with Crippen LogP contribution in [0.1, 0.15) is 0 Å². The van der Waals surface area contributed by atoms with E-state index in [2.05, 4.69) is 11.9 Å². The van der Waals surface area contributed by atoms with E-state index in [1.807, 2.05) is 0 Å². The van der Waals surface area contributed by atoms with Crippen molar-refractivity contribution in [1.82, 2.24) is 0 Å². The second kappa shape index (κ2) is 4.87. The average molecular weight is 255 g/mol. The minimum Gasteiger partial charge on any atom is -0.380 e.